The lowest BCUT2D eigenvalue weighted by molar-refractivity contribution is -0.140. The van der Waals surface area contributed by atoms with Crippen LogP contribution < -0.4 is 0 Å². The highest BCUT2D eigenvalue weighted by molar-refractivity contribution is 7.89. The summed E-state index contributed by atoms with van der Waals surface area (Å²) < 4.78 is 25.3. The highest BCUT2D eigenvalue weighted by atomic mass is 32.2. The molecule has 0 spiro atoms. The summed E-state index contributed by atoms with van der Waals surface area (Å²) in [5, 5.41) is 8.98. The molecule has 5 nitrogen and oxygen atoms in total. The minimum absolute atomic E-state index is 0.113. The summed E-state index contributed by atoms with van der Waals surface area (Å²) in [6.07, 6.45) is 5.23. The summed E-state index contributed by atoms with van der Waals surface area (Å²) in [5.41, 5.74) is 0. The summed E-state index contributed by atoms with van der Waals surface area (Å²) >= 11 is 0. The fraction of sp³-hybridized carbons (Fsp3) is 0.909. The van der Waals surface area contributed by atoms with Crippen molar-refractivity contribution in [1.29, 1.82) is 0 Å². The van der Waals surface area contributed by atoms with Gasteiger partial charge in [-0.2, -0.15) is 4.31 Å². The van der Waals surface area contributed by atoms with Crippen LogP contribution in [0.3, 0.4) is 0 Å². The zero-order valence-electron chi connectivity index (χ0n) is 9.84. The third kappa shape index (κ3) is 2.80. The number of hydrogen-bond acceptors (Lipinski definition) is 3. The van der Waals surface area contributed by atoms with Crippen LogP contribution in [0, 0.1) is 5.92 Å². The van der Waals surface area contributed by atoms with Crippen LogP contribution in [-0.4, -0.2) is 42.1 Å². The second-order valence-corrected chi connectivity index (χ2v) is 7.05. The summed E-state index contributed by atoms with van der Waals surface area (Å²) in [4.78, 5) is 11.0. The van der Waals surface area contributed by atoms with Crippen LogP contribution in [0.5, 0.6) is 0 Å². The molecule has 1 aliphatic heterocycles. The van der Waals surface area contributed by atoms with E-state index in [0.717, 1.165) is 12.8 Å². The van der Waals surface area contributed by atoms with Gasteiger partial charge in [0.15, 0.2) is 0 Å². The lowest BCUT2D eigenvalue weighted by Gasteiger charge is -2.27. The number of rotatable bonds is 5. The molecular formula is C11H19NO4S. The Kier molecular flexibility index (Phi) is 3.73. The van der Waals surface area contributed by atoms with Crippen LogP contribution in [0.15, 0.2) is 0 Å². The largest absolute Gasteiger partial charge is 0.480 e. The molecule has 1 aliphatic carbocycles. The van der Waals surface area contributed by atoms with E-state index in [1.807, 2.05) is 0 Å². The van der Waals surface area contributed by atoms with Crippen LogP contribution in [0.25, 0.3) is 0 Å². The summed E-state index contributed by atoms with van der Waals surface area (Å²) in [5.74, 6) is -0.369. The molecule has 1 saturated heterocycles. The fourth-order valence-corrected chi connectivity index (χ4v) is 4.39. The van der Waals surface area contributed by atoms with Gasteiger partial charge < -0.3 is 5.11 Å². The first kappa shape index (κ1) is 12.8. The number of nitrogens with zero attached hydrogens (tertiary/aromatic N) is 1. The maximum Gasteiger partial charge on any atom is 0.322 e. The third-order valence-electron chi connectivity index (χ3n) is 3.85. The lowest BCUT2D eigenvalue weighted by atomic mass is 9.84. The summed E-state index contributed by atoms with van der Waals surface area (Å²) in [7, 11) is -3.37. The molecule has 2 fully saturated rings. The molecule has 1 heterocycles. The van der Waals surface area contributed by atoms with Crippen molar-refractivity contribution >= 4 is 16.0 Å². The third-order valence-corrected chi connectivity index (χ3v) is 5.76. The molecule has 0 aromatic heterocycles. The van der Waals surface area contributed by atoms with Gasteiger partial charge in [-0.25, -0.2) is 8.42 Å². The van der Waals surface area contributed by atoms with Gasteiger partial charge in [-0.1, -0.05) is 19.3 Å². The van der Waals surface area contributed by atoms with Crippen LogP contribution >= 0.6 is 0 Å². The Morgan fingerprint density at radius 2 is 1.94 bits per heavy atom. The molecule has 0 aromatic rings. The monoisotopic (exact) mass is 261 g/mol. The minimum atomic E-state index is -3.37. The lowest BCUT2D eigenvalue weighted by Crippen LogP contribution is -2.41. The Morgan fingerprint density at radius 1 is 1.24 bits per heavy atom. The first-order valence-electron chi connectivity index (χ1n) is 6.23. The summed E-state index contributed by atoms with van der Waals surface area (Å²) in [6, 6.07) is -0.832. The molecule has 1 N–H and O–H groups in total. The zero-order valence-corrected chi connectivity index (χ0v) is 10.7. The van der Waals surface area contributed by atoms with Crippen LogP contribution in [0.4, 0.5) is 0 Å². The molecule has 2 aliphatic rings. The van der Waals surface area contributed by atoms with Gasteiger partial charge in [0, 0.05) is 6.54 Å². The highest BCUT2D eigenvalue weighted by Gasteiger charge is 2.38. The normalized spacial score (nSPS) is 26.9. The van der Waals surface area contributed by atoms with E-state index in [1.165, 1.54) is 10.7 Å². The molecule has 0 aromatic carbocycles. The van der Waals surface area contributed by atoms with Gasteiger partial charge in [0.1, 0.15) is 6.04 Å². The average Bonchev–Trinajstić information content (AvgIpc) is 2.63. The number of hydrogen-bond donors (Lipinski definition) is 1. The number of carboxylic acid groups (broad SMARTS) is 1. The van der Waals surface area contributed by atoms with E-state index in [0.29, 0.717) is 31.7 Å². The van der Waals surface area contributed by atoms with Crippen molar-refractivity contribution in [2.75, 3.05) is 12.3 Å². The number of carboxylic acids is 1. The van der Waals surface area contributed by atoms with Crippen molar-refractivity contribution in [3.05, 3.63) is 0 Å². The average molecular weight is 261 g/mol. The quantitative estimate of drug-likeness (QED) is 0.803. The van der Waals surface area contributed by atoms with Gasteiger partial charge >= 0.3 is 5.97 Å². The second-order valence-electron chi connectivity index (χ2n) is 5.01. The Morgan fingerprint density at radius 3 is 2.47 bits per heavy atom. The maximum absolute atomic E-state index is 12.1. The van der Waals surface area contributed by atoms with E-state index < -0.39 is 22.0 Å². The van der Waals surface area contributed by atoms with E-state index in [1.54, 1.807) is 0 Å². The van der Waals surface area contributed by atoms with Crippen LogP contribution in [-0.2, 0) is 14.8 Å². The molecule has 0 unspecified atom stereocenters. The van der Waals surface area contributed by atoms with E-state index in [2.05, 4.69) is 0 Å². The smallest absolute Gasteiger partial charge is 0.322 e. The zero-order chi connectivity index (χ0) is 12.5. The van der Waals surface area contributed by atoms with E-state index in [-0.39, 0.29) is 5.75 Å². The molecular weight excluding hydrogens is 242 g/mol. The molecule has 17 heavy (non-hydrogen) atoms. The van der Waals surface area contributed by atoms with Gasteiger partial charge in [-0.15, -0.1) is 0 Å². The first-order chi connectivity index (χ1) is 8.00. The minimum Gasteiger partial charge on any atom is -0.480 e. The van der Waals surface area contributed by atoms with Crippen LogP contribution in [0.1, 0.15) is 38.5 Å². The van der Waals surface area contributed by atoms with Crippen LogP contribution in [0.2, 0.25) is 0 Å². The highest BCUT2D eigenvalue weighted by Crippen LogP contribution is 2.31. The molecule has 98 valence electrons. The predicted molar refractivity (Wildman–Crippen MR) is 63.1 cm³/mol. The fourth-order valence-electron chi connectivity index (χ4n) is 2.53. The number of carbonyl (C=O) groups is 1. The maximum atomic E-state index is 12.1. The SMILES string of the molecule is O=C(O)[C@H]1CCCN1S(=O)(=O)CCC1CCC1. The standard InChI is InChI=1S/C11H19NO4S/c13-11(14)10-5-2-7-12(10)17(15,16)8-6-9-3-1-4-9/h9-10H,1-8H2,(H,13,14)/t10-/m1/s1. The van der Waals surface area contributed by atoms with Crippen molar-refractivity contribution < 1.29 is 18.3 Å². The van der Waals surface area contributed by atoms with Crippen molar-refractivity contribution in [2.45, 2.75) is 44.6 Å². The molecule has 0 bridgehead atoms. The second kappa shape index (κ2) is 4.94. The van der Waals surface area contributed by atoms with Crippen molar-refractivity contribution in [3.63, 3.8) is 0 Å². The van der Waals surface area contributed by atoms with Gasteiger partial charge in [0.2, 0.25) is 10.0 Å². The van der Waals surface area contributed by atoms with Crippen molar-refractivity contribution in [1.82, 2.24) is 4.31 Å². The van der Waals surface area contributed by atoms with E-state index in [4.69, 9.17) is 5.11 Å². The van der Waals surface area contributed by atoms with Crippen molar-refractivity contribution in [3.8, 4) is 0 Å². The predicted octanol–water partition coefficient (Wildman–Crippen LogP) is 1.06. The molecule has 0 radical (unpaired) electrons. The Bertz CT molecular complexity index is 388. The Hall–Kier alpha value is -0.620. The van der Waals surface area contributed by atoms with Gasteiger partial charge in [0.25, 0.3) is 0 Å². The Balaban J connectivity index is 1.95. The van der Waals surface area contributed by atoms with E-state index in [9.17, 15) is 13.2 Å². The van der Waals surface area contributed by atoms with Gasteiger partial charge in [-0.05, 0) is 25.2 Å². The Labute approximate surface area is 102 Å². The molecule has 2 rings (SSSR count). The molecule has 0 amide bonds. The molecule has 6 heteroatoms. The first-order valence-corrected chi connectivity index (χ1v) is 7.84. The van der Waals surface area contributed by atoms with Gasteiger partial charge in [-0.3, -0.25) is 4.79 Å². The number of sulfonamides is 1. The molecule has 1 saturated carbocycles. The van der Waals surface area contributed by atoms with Gasteiger partial charge in [0.05, 0.1) is 5.75 Å². The van der Waals surface area contributed by atoms with E-state index >= 15 is 0 Å². The topological polar surface area (TPSA) is 74.7 Å². The van der Waals surface area contributed by atoms with Crippen molar-refractivity contribution in [2.24, 2.45) is 5.92 Å². The summed E-state index contributed by atoms with van der Waals surface area (Å²) in [6.45, 7) is 0.365. The molecule has 1 atom stereocenters. The number of aliphatic carboxylic acids is 1.